The molecule has 66 valence electrons. The second kappa shape index (κ2) is 3.68. The van der Waals surface area contributed by atoms with Gasteiger partial charge < -0.3 is 0 Å². The van der Waals surface area contributed by atoms with Crippen LogP contribution in [-0.4, -0.2) is 9.91 Å². The smallest absolute Gasteiger partial charge is 0.258 e. The van der Waals surface area contributed by atoms with E-state index in [1.54, 1.807) is 6.07 Å². The van der Waals surface area contributed by atoms with Gasteiger partial charge in [-0.05, 0) is 15.9 Å². The molecule has 1 rings (SSSR count). The van der Waals surface area contributed by atoms with Crippen molar-refractivity contribution < 1.29 is 4.92 Å². The molecule has 5 nitrogen and oxygen atoms in total. The van der Waals surface area contributed by atoms with Crippen molar-refractivity contribution in [2.45, 2.75) is 0 Å². The van der Waals surface area contributed by atoms with Crippen molar-refractivity contribution in [3.63, 3.8) is 0 Å². The Balaban J connectivity index is 3.39. The van der Waals surface area contributed by atoms with Crippen LogP contribution in [0.5, 0.6) is 0 Å². The first-order chi connectivity index (χ1) is 6.06. The molecular weight excluding hydrogens is 261 g/mol. The standard InChI is InChI=1S/C6HBrClN3O2/c7-3-1-5(11(12)13)6(8)10-4(3)2-9/h1H. The summed E-state index contributed by atoms with van der Waals surface area (Å²) in [6.45, 7) is 0. The van der Waals surface area contributed by atoms with Crippen molar-refractivity contribution in [2.75, 3.05) is 0 Å². The van der Waals surface area contributed by atoms with Gasteiger partial charge in [-0.1, -0.05) is 11.6 Å². The minimum absolute atomic E-state index is 0.0237. The molecule has 0 saturated carbocycles. The minimum atomic E-state index is -0.665. The Hall–Kier alpha value is -1.19. The number of aromatic nitrogens is 1. The Morgan fingerprint density at radius 2 is 2.38 bits per heavy atom. The molecule has 0 radical (unpaired) electrons. The zero-order valence-electron chi connectivity index (χ0n) is 5.99. The highest BCUT2D eigenvalue weighted by molar-refractivity contribution is 9.10. The van der Waals surface area contributed by atoms with Gasteiger partial charge >= 0.3 is 5.69 Å². The van der Waals surface area contributed by atoms with Gasteiger partial charge in [0, 0.05) is 6.07 Å². The predicted octanol–water partition coefficient (Wildman–Crippen LogP) is 2.28. The summed E-state index contributed by atoms with van der Waals surface area (Å²) < 4.78 is 0.256. The van der Waals surface area contributed by atoms with Crippen LogP contribution < -0.4 is 0 Å². The Kier molecular flexibility index (Phi) is 2.80. The van der Waals surface area contributed by atoms with Crippen LogP contribution in [0, 0.1) is 21.4 Å². The van der Waals surface area contributed by atoms with Gasteiger partial charge in [0.2, 0.25) is 5.15 Å². The summed E-state index contributed by atoms with van der Waals surface area (Å²) in [5, 5.41) is 18.6. The molecule has 0 spiro atoms. The zero-order valence-corrected chi connectivity index (χ0v) is 8.33. The van der Waals surface area contributed by atoms with Crippen molar-refractivity contribution in [2.24, 2.45) is 0 Å². The maximum Gasteiger partial charge on any atom is 0.307 e. The molecular formula is C6HBrClN3O2. The van der Waals surface area contributed by atoms with E-state index in [-0.39, 0.29) is 21.0 Å². The first kappa shape index (κ1) is 9.89. The Morgan fingerprint density at radius 3 is 2.85 bits per heavy atom. The Labute approximate surface area is 86.2 Å². The fourth-order valence-corrected chi connectivity index (χ4v) is 1.27. The van der Waals surface area contributed by atoms with E-state index in [0.29, 0.717) is 0 Å². The lowest BCUT2D eigenvalue weighted by molar-refractivity contribution is -0.385. The fourth-order valence-electron chi connectivity index (χ4n) is 0.663. The molecule has 0 aliphatic heterocycles. The lowest BCUT2D eigenvalue weighted by Gasteiger charge is -1.96. The van der Waals surface area contributed by atoms with Gasteiger partial charge in [-0.3, -0.25) is 10.1 Å². The van der Waals surface area contributed by atoms with Gasteiger partial charge in [0.05, 0.1) is 9.40 Å². The van der Waals surface area contributed by atoms with Crippen molar-refractivity contribution in [3.05, 3.63) is 31.5 Å². The van der Waals surface area contributed by atoms with E-state index in [9.17, 15) is 10.1 Å². The van der Waals surface area contributed by atoms with Crippen LogP contribution in [0.4, 0.5) is 5.69 Å². The normalized spacial score (nSPS) is 9.31. The third-order valence-corrected chi connectivity index (χ3v) is 2.10. The monoisotopic (exact) mass is 261 g/mol. The molecule has 1 aromatic rings. The molecule has 0 aliphatic carbocycles. The van der Waals surface area contributed by atoms with E-state index in [4.69, 9.17) is 16.9 Å². The third kappa shape index (κ3) is 1.94. The number of nitrogens with zero attached hydrogens (tertiary/aromatic N) is 3. The first-order valence-corrected chi connectivity index (χ1v) is 4.14. The lowest BCUT2D eigenvalue weighted by Crippen LogP contribution is -1.94. The minimum Gasteiger partial charge on any atom is -0.258 e. The summed E-state index contributed by atoms with van der Waals surface area (Å²) in [4.78, 5) is 13.2. The highest BCUT2D eigenvalue weighted by atomic mass is 79.9. The molecule has 1 aromatic heterocycles. The predicted molar refractivity (Wildman–Crippen MR) is 48.3 cm³/mol. The Bertz CT molecular complexity index is 415. The molecule has 0 saturated heterocycles. The van der Waals surface area contributed by atoms with Crippen LogP contribution in [-0.2, 0) is 0 Å². The number of nitriles is 1. The number of halogens is 2. The maximum atomic E-state index is 10.4. The average Bonchev–Trinajstić information content (AvgIpc) is 2.07. The van der Waals surface area contributed by atoms with Crippen molar-refractivity contribution >= 4 is 33.2 Å². The van der Waals surface area contributed by atoms with E-state index in [1.807, 2.05) is 0 Å². The Morgan fingerprint density at radius 1 is 1.77 bits per heavy atom. The van der Waals surface area contributed by atoms with Crippen LogP contribution >= 0.6 is 27.5 Å². The molecule has 1 heterocycles. The van der Waals surface area contributed by atoms with Gasteiger partial charge in [0.15, 0.2) is 5.69 Å². The molecule has 0 bridgehead atoms. The quantitative estimate of drug-likeness (QED) is 0.442. The number of rotatable bonds is 1. The van der Waals surface area contributed by atoms with E-state index >= 15 is 0 Å². The summed E-state index contributed by atoms with van der Waals surface area (Å²) in [7, 11) is 0. The van der Waals surface area contributed by atoms with Gasteiger partial charge in [-0.15, -0.1) is 0 Å². The van der Waals surface area contributed by atoms with Crippen molar-refractivity contribution in [3.8, 4) is 6.07 Å². The summed E-state index contributed by atoms with van der Waals surface area (Å²) in [6.07, 6.45) is 0. The second-order valence-corrected chi connectivity index (χ2v) is 3.21. The molecule has 0 N–H and O–H groups in total. The van der Waals surface area contributed by atoms with Gasteiger partial charge in [-0.2, -0.15) is 5.26 Å². The van der Waals surface area contributed by atoms with Crippen molar-refractivity contribution in [1.29, 1.82) is 5.26 Å². The topological polar surface area (TPSA) is 79.8 Å². The molecule has 0 aromatic carbocycles. The molecule has 0 fully saturated rings. The highest BCUT2D eigenvalue weighted by Crippen LogP contribution is 2.27. The van der Waals surface area contributed by atoms with E-state index in [0.717, 1.165) is 6.07 Å². The van der Waals surface area contributed by atoms with Gasteiger partial charge in [0.1, 0.15) is 6.07 Å². The van der Waals surface area contributed by atoms with Crippen LogP contribution in [0.15, 0.2) is 10.5 Å². The number of hydrogen-bond donors (Lipinski definition) is 0. The number of nitro groups is 1. The summed E-state index contributed by atoms with van der Waals surface area (Å²) in [5.74, 6) is 0. The molecule has 0 aliphatic rings. The summed E-state index contributed by atoms with van der Waals surface area (Å²) in [6, 6.07) is 2.88. The van der Waals surface area contributed by atoms with Crippen LogP contribution in [0.3, 0.4) is 0 Å². The fraction of sp³-hybridized carbons (Fsp3) is 0. The molecule has 13 heavy (non-hydrogen) atoms. The summed E-state index contributed by atoms with van der Waals surface area (Å²) in [5.41, 5.74) is -0.303. The molecule has 0 amide bonds. The zero-order chi connectivity index (χ0) is 10.0. The largest absolute Gasteiger partial charge is 0.307 e. The third-order valence-electron chi connectivity index (χ3n) is 1.21. The van der Waals surface area contributed by atoms with E-state index in [1.165, 1.54) is 0 Å². The average molecular weight is 262 g/mol. The second-order valence-electron chi connectivity index (χ2n) is 2.00. The molecule has 0 unspecified atom stereocenters. The lowest BCUT2D eigenvalue weighted by atomic mass is 10.3. The van der Waals surface area contributed by atoms with E-state index in [2.05, 4.69) is 20.9 Å². The van der Waals surface area contributed by atoms with Crippen LogP contribution in [0.25, 0.3) is 0 Å². The highest BCUT2D eigenvalue weighted by Gasteiger charge is 2.16. The molecule has 7 heteroatoms. The van der Waals surface area contributed by atoms with Crippen molar-refractivity contribution in [1.82, 2.24) is 4.98 Å². The number of hydrogen-bond acceptors (Lipinski definition) is 4. The maximum absolute atomic E-state index is 10.4. The SMILES string of the molecule is N#Cc1nc(Cl)c([N+](=O)[O-])cc1Br. The van der Waals surface area contributed by atoms with Crippen LogP contribution in [0.1, 0.15) is 5.69 Å². The number of pyridine rings is 1. The van der Waals surface area contributed by atoms with Crippen LogP contribution in [0.2, 0.25) is 5.15 Å². The molecule has 0 atom stereocenters. The first-order valence-electron chi connectivity index (χ1n) is 2.96. The summed E-state index contributed by atoms with van der Waals surface area (Å²) >= 11 is 8.41. The van der Waals surface area contributed by atoms with Gasteiger partial charge in [-0.25, -0.2) is 4.98 Å². The van der Waals surface area contributed by atoms with Gasteiger partial charge in [0.25, 0.3) is 0 Å². The van der Waals surface area contributed by atoms with E-state index < -0.39 is 4.92 Å².